The molecule has 0 spiro atoms. The number of alkyl halides is 1. The van der Waals surface area contributed by atoms with Gasteiger partial charge in [0, 0.05) is 6.04 Å². The molecule has 0 saturated heterocycles. The first-order valence-electron chi connectivity index (χ1n) is 4.13. The molecule has 13 heavy (non-hydrogen) atoms. The van der Waals surface area contributed by atoms with E-state index in [2.05, 4.69) is 31.4 Å². The quantitative estimate of drug-likeness (QED) is 0.894. The van der Waals surface area contributed by atoms with Crippen LogP contribution < -0.4 is 5.32 Å². The number of rotatable bonds is 2. The number of anilines is 1. The number of aromatic nitrogens is 2. The lowest BCUT2D eigenvalue weighted by atomic mass is 10.3. The third-order valence-corrected chi connectivity index (χ3v) is 3.38. The third kappa shape index (κ3) is 2.37. The minimum absolute atomic E-state index is 0.231. The van der Waals surface area contributed by atoms with Crippen molar-refractivity contribution >= 4 is 32.4 Å². The normalized spacial score (nSPS) is 27.8. The number of nitrogens with zero attached hydrogens (tertiary/aromatic N) is 2. The Morgan fingerprint density at radius 2 is 2.31 bits per heavy atom. The van der Waals surface area contributed by atoms with E-state index in [0.717, 1.165) is 15.5 Å². The van der Waals surface area contributed by atoms with Gasteiger partial charge in [-0.3, -0.25) is 0 Å². The first-order chi connectivity index (χ1) is 6.24. The summed E-state index contributed by atoms with van der Waals surface area (Å²) in [7, 11) is 0. The molecule has 72 valence electrons. The van der Waals surface area contributed by atoms with E-state index in [-0.39, 0.29) is 6.04 Å². The minimum atomic E-state index is -0.645. The molecule has 1 aromatic heterocycles. The summed E-state index contributed by atoms with van der Waals surface area (Å²) in [5.74, 6) is 0. The van der Waals surface area contributed by atoms with E-state index in [0.29, 0.717) is 12.8 Å². The molecule has 0 bridgehead atoms. The summed E-state index contributed by atoms with van der Waals surface area (Å²) in [6.07, 6.45) is 1.50. The topological polar surface area (TPSA) is 37.8 Å². The molecule has 1 heterocycles. The van der Waals surface area contributed by atoms with Crippen molar-refractivity contribution in [3.63, 3.8) is 0 Å². The second kappa shape index (κ2) is 3.88. The summed E-state index contributed by atoms with van der Waals surface area (Å²) in [5, 5.41) is 11.6. The molecule has 1 N–H and O–H groups in total. The van der Waals surface area contributed by atoms with Crippen molar-refractivity contribution in [3.05, 3.63) is 3.92 Å². The summed E-state index contributed by atoms with van der Waals surface area (Å²) >= 11 is 4.66. The van der Waals surface area contributed by atoms with Crippen LogP contribution in [0, 0.1) is 0 Å². The first-order valence-corrected chi connectivity index (χ1v) is 5.74. The maximum Gasteiger partial charge on any atom is 0.206 e. The molecule has 0 aliphatic heterocycles. The van der Waals surface area contributed by atoms with Crippen LogP contribution in [0.5, 0.6) is 0 Å². The SMILES string of the molecule is FC1CCC(Nc2nnc(Br)s2)C1. The standard InChI is InChI=1S/C7H9BrFN3S/c8-6-11-12-7(13-6)10-5-2-1-4(9)3-5/h4-5H,1-3H2,(H,10,12). The minimum Gasteiger partial charge on any atom is -0.357 e. The van der Waals surface area contributed by atoms with Crippen molar-refractivity contribution in [1.29, 1.82) is 0 Å². The highest BCUT2D eigenvalue weighted by Gasteiger charge is 2.24. The van der Waals surface area contributed by atoms with Crippen molar-refractivity contribution in [2.24, 2.45) is 0 Å². The first kappa shape index (κ1) is 9.33. The van der Waals surface area contributed by atoms with Gasteiger partial charge in [-0.2, -0.15) is 0 Å². The molecule has 2 atom stereocenters. The Hall–Kier alpha value is -0.230. The molecular weight excluding hydrogens is 257 g/mol. The molecule has 3 nitrogen and oxygen atoms in total. The Kier molecular flexibility index (Phi) is 2.78. The maximum atomic E-state index is 12.8. The van der Waals surface area contributed by atoms with Crippen molar-refractivity contribution in [2.45, 2.75) is 31.5 Å². The summed E-state index contributed by atoms with van der Waals surface area (Å²) < 4.78 is 13.6. The van der Waals surface area contributed by atoms with Crippen LogP contribution >= 0.6 is 27.3 Å². The average Bonchev–Trinajstić information content (AvgIpc) is 2.62. The van der Waals surface area contributed by atoms with Gasteiger partial charge in [0.2, 0.25) is 5.13 Å². The second-order valence-corrected chi connectivity index (χ2v) is 5.37. The maximum absolute atomic E-state index is 12.8. The van der Waals surface area contributed by atoms with Gasteiger partial charge in [0.25, 0.3) is 0 Å². The van der Waals surface area contributed by atoms with Crippen LogP contribution in [0.25, 0.3) is 0 Å². The fourth-order valence-corrected chi connectivity index (χ4v) is 2.58. The van der Waals surface area contributed by atoms with Gasteiger partial charge in [-0.25, -0.2) is 4.39 Å². The lowest BCUT2D eigenvalue weighted by Gasteiger charge is -2.08. The Labute approximate surface area is 87.9 Å². The number of halogens is 2. The van der Waals surface area contributed by atoms with Crippen molar-refractivity contribution < 1.29 is 4.39 Å². The molecule has 2 rings (SSSR count). The molecule has 0 aromatic carbocycles. The van der Waals surface area contributed by atoms with Gasteiger partial charge >= 0.3 is 0 Å². The van der Waals surface area contributed by atoms with Crippen molar-refractivity contribution in [1.82, 2.24) is 10.2 Å². The van der Waals surface area contributed by atoms with Crippen LogP contribution in [0.3, 0.4) is 0 Å². The molecule has 1 aliphatic rings. The van der Waals surface area contributed by atoms with Crippen LogP contribution in [0.2, 0.25) is 0 Å². The Morgan fingerprint density at radius 3 is 2.85 bits per heavy atom. The highest BCUT2D eigenvalue weighted by Crippen LogP contribution is 2.27. The van der Waals surface area contributed by atoms with E-state index in [1.807, 2.05) is 0 Å². The predicted octanol–water partition coefficient (Wildman–Crippen LogP) is 2.60. The molecule has 1 fully saturated rings. The van der Waals surface area contributed by atoms with Crippen LogP contribution in [0.4, 0.5) is 9.52 Å². The van der Waals surface area contributed by atoms with E-state index in [4.69, 9.17) is 0 Å². The van der Waals surface area contributed by atoms with E-state index in [1.54, 1.807) is 0 Å². The fraction of sp³-hybridized carbons (Fsp3) is 0.714. The van der Waals surface area contributed by atoms with Crippen molar-refractivity contribution in [2.75, 3.05) is 5.32 Å². The van der Waals surface area contributed by atoms with Gasteiger partial charge in [0.05, 0.1) is 0 Å². The Morgan fingerprint density at radius 1 is 1.46 bits per heavy atom. The zero-order chi connectivity index (χ0) is 9.26. The highest BCUT2D eigenvalue weighted by molar-refractivity contribution is 9.11. The highest BCUT2D eigenvalue weighted by atomic mass is 79.9. The Bertz CT molecular complexity index is 293. The van der Waals surface area contributed by atoms with E-state index >= 15 is 0 Å². The zero-order valence-electron chi connectivity index (χ0n) is 6.83. The summed E-state index contributed by atoms with van der Waals surface area (Å²) in [4.78, 5) is 0. The number of hydrogen-bond acceptors (Lipinski definition) is 4. The fourth-order valence-electron chi connectivity index (χ4n) is 1.50. The lowest BCUT2D eigenvalue weighted by Crippen LogP contribution is -2.15. The molecule has 1 saturated carbocycles. The van der Waals surface area contributed by atoms with Gasteiger partial charge in [0.15, 0.2) is 3.92 Å². The zero-order valence-corrected chi connectivity index (χ0v) is 9.24. The molecule has 1 aromatic rings. The Balaban J connectivity index is 1.91. The van der Waals surface area contributed by atoms with E-state index < -0.39 is 6.17 Å². The smallest absolute Gasteiger partial charge is 0.206 e. The lowest BCUT2D eigenvalue weighted by molar-refractivity contribution is 0.341. The van der Waals surface area contributed by atoms with Gasteiger partial charge < -0.3 is 5.32 Å². The summed E-state index contributed by atoms with van der Waals surface area (Å²) in [6.45, 7) is 0. The average molecular weight is 266 g/mol. The van der Waals surface area contributed by atoms with Gasteiger partial charge in [0.1, 0.15) is 6.17 Å². The third-order valence-electron chi connectivity index (χ3n) is 2.10. The number of hydrogen-bond donors (Lipinski definition) is 1. The monoisotopic (exact) mass is 265 g/mol. The number of nitrogens with one attached hydrogen (secondary N) is 1. The van der Waals surface area contributed by atoms with E-state index in [1.165, 1.54) is 11.3 Å². The summed E-state index contributed by atoms with van der Waals surface area (Å²) in [6, 6.07) is 0.231. The molecule has 0 radical (unpaired) electrons. The van der Waals surface area contributed by atoms with Gasteiger partial charge in [-0.1, -0.05) is 11.3 Å². The van der Waals surface area contributed by atoms with Crippen LogP contribution in [-0.4, -0.2) is 22.4 Å². The van der Waals surface area contributed by atoms with Crippen molar-refractivity contribution in [3.8, 4) is 0 Å². The molecule has 6 heteroatoms. The van der Waals surface area contributed by atoms with Crippen LogP contribution in [0.15, 0.2) is 3.92 Å². The molecule has 1 aliphatic carbocycles. The second-order valence-electron chi connectivity index (χ2n) is 3.11. The predicted molar refractivity (Wildman–Crippen MR) is 53.8 cm³/mol. The molecule has 0 amide bonds. The van der Waals surface area contributed by atoms with Crippen LogP contribution in [-0.2, 0) is 0 Å². The van der Waals surface area contributed by atoms with E-state index in [9.17, 15) is 4.39 Å². The van der Waals surface area contributed by atoms with Gasteiger partial charge in [-0.15, -0.1) is 10.2 Å². The van der Waals surface area contributed by atoms with Crippen LogP contribution in [0.1, 0.15) is 19.3 Å². The largest absolute Gasteiger partial charge is 0.357 e. The summed E-state index contributed by atoms with van der Waals surface area (Å²) in [5.41, 5.74) is 0. The molecular formula is C7H9BrFN3S. The van der Waals surface area contributed by atoms with Gasteiger partial charge in [-0.05, 0) is 35.2 Å². The molecule has 2 unspecified atom stereocenters.